The van der Waals surface area contributed by atoms with Crippen LogP contribution in [0.4, 0.5) is 5.69 Å². The number of ether oxygens (including phenoxy) is 1. The summed E-state index contributed by atoms with van der Waals surface area (Å²) in [5.41, 5.74) is 1.21. The van der Waals surface area contributed by atoms with E-state index in [0.717, 1.165) is 5.56 Å². The van der Waals surface area contributed by atoms with Crippen LogP contribution in [-0.4, -0.2) is 21.0 Å². The Bertz CT molecular complexity index is 814. The molecule has 7 heteroatoms. The monoisotopic (exact) mass is 363 g/mol. The Morgan fingerprint density at radius 2 is 1.60 bits per heavy atom. The van der Waals surface area contributed by atoms with Crippen LogP contribution in [0.5, 0.6) is 5.75 Å². The number of aryl methyl sites for hydroxylation is 1. The number of carbonyl (C=O) groups is 1. The Morgan fingerprint density at radius 3 is 2.12 bits per heavy atom. The van der Waals surface area contributed by atoms with Crippen LogP contribution < -0.4 is 9.21 Å². The molecule has 0 saturated heterocycles. The molecule has 0 aliphatic carbocycles. The molecule has 0 amide bonds. The predicted molar refractivity (Wildman–Crippen MR) is 94.8 cm³/mol. The molecular formula is C18H21NO5S. The highest BCUT2D eigenvalue weighted by Gasteiger charge is 2.28. The molecule has 0 unspecified atom stereocenters. The summed E-state index contributed by atoms with van der Waals surface area (Å²) in [6.07, 6.45) is 0.0567. The lowest BCUT2D eigenvalue weighted by atomic mass is 10.2. The highest BCUT2D eigenvalue weighted by Crippen LogP contribution is 2.26. The highest BCUT2D eigenvalue weighted by molar-refractivity contribution is 7.92. The lowest BCUT2D eigenvalue weighted by Crippen LogP contribution is -2.33. The molecule has 0 fully saturated rings. The smallest absolute Gasteiger partial charge is 0.333 e. The van der Waals surface area contributed by atoms with Gasteiger partial charge < -0.3 is 9.57 Å². The van der Waals surface area contributed by atoms with Crippen LogP contribution in [0.2, 0.25) is 0 Å². The number of anilines is 1. The Labute approximate surface area is 148 Å². The molecule has 0 saturated carbocycles. The van der Waals surface area contributed by atoms with Crippen LogP contribution in [0.15, 0.2) is 53.4 Å². The van der Waals surface area contributed by atoms with Gasteiger partial charge in [-0.25, -0.2) is 4.79 Å². The van der Waals surface area contributed by atoms with Gasteiger partial charge in [-0.2, -0.15) is 8.42 Å². The van der Waals surface area contributed by atoms with Gasteiger partial charge in [-0.1, -0.05) is 29.1 Å². The second-order valence-electron chi connectivity index (χ2n) is 5.29. The lowest BCUT2D eigenvalue weighted by Gasteiger charge is -2.22. The highest BCUT2D eigenvalue weighted by atomic mass is 32.2. The van der Waals surface area contributed by atoms with E-state index in [9.17, 15) is 13.2 Å². The third kappa shape index (κ3) is 4.51. The third-order valence-corrected chi connectivity index (χ3v) is 4.96. The number of carbonyl (C=O) groups excluding carboxylic acids is 1. The zero-order valence-electron chi connectivity index (χ0n) is 14.4. The normalized spacial score (nSPS) is 11.0. The van der Waals surface area contributed by atoms with Crippen molar-refractivity contribution in [2.75, 3.05) is 11.1 Å². The standard InChI is InChI=1S/C18H21NO5S/c1-4-18(20)24-19(15-8-6-14(3)7-9-15)25(21,22)17-12-10-16(11-13-17)23-5-2/h6-13H,4-5H2,1-3H3. The molecular weight excluding hydrogens is 342 g/mol. The minimum atomic E-state index is -4.07. The van der Waals surface area contributed by atoms with E-state index in [4.69, 9.17) is 9.57 Å². The molecule has 0 atom stereocenters. The van der Waals surface area contributed by atoms with Crippen LogP contribution in [0, 0.1) is 6.92 Å². The second-order valence-corrected chi connectivity index (χ2v) is 7.04. The molecule has 2 rings (SSSR count). The summed E-state index contributed by atoms with van der Waals surface area (Å²) in [5, 5.41) is 0. The summed E-state index contributed by atoms with van der Waals surface area (Å²) in [6, 6.07) is 12.6. The van der Waals surface area contributed by atoms with Crippen molar-refractivity contribution in [2.24, 2.45) is 0 Å². The van der Waals surface area contributed by atoms with Crippen molar-refractivity contribution in [3.8, 4) is 5.75 Å². The average Bonchev–Trinajstić information content (AvgIpc) is 2.61. The Morgan fingerprint density at radius 1 is 1.00 bits per heavy atom. The van der Waals surface area contributed by atoms with Gasteiger partial charge in [0, 0.05) is 6.42 Å². The molecule has 6 nitrogen and oxygen atoms in total. The summed E-state index contributed by atoms with van der Waals surface area (Å²) >= 11 is 0. The molecule has 0 N–H and O–H groups in total. The topological polar surface area (TPSA) is 72.9 Å². The molecule has 0 aliphatic heterocycles. The molecule has 0 spiro atoms. The molecule has 25 heavy (non-hydrogen) atoms. The van der Waals surface area contributed by atoms with Crippen molar-refractivity contribution in [1.82, 2.24) is 0 Å². The van der Waals surface area contributed by atoms with Crippen molar-refractivity contribution >= 4 is 21.7 Å². The molecule has 0 aliphatic rings. The minimum Gasteiger partial charge on any atom is -0.494 e. The van der Waals surface area contributed by atoms with Gasteiger partial charge in [0.2, 0.25) is 0 Å². The fraction of sp³-hybridized carbons (Fsp3) is 0.278. The summed E-state index contributed by atoms with van der Waals surface area (Å²) in [4.78, 5) is 16.8. The van der Waals surface area contributed by atoms with Crippen molar-refractivity contribution in [3.63, 3.8) is 0 Å². The van der Waals surface area contributed by atoms with Gasteiger partial charge in [0.25, 0.3) is 10.0 Å². The summed E-state index contributed by atoms with van der Waals surface area (Å²) in [7, 11) is -4.07. The first-order valence-electron chi connectivity index (χ1n) is 7.94. The van der Waals surface area contributed by atoms with Gasteiger partial charge in [0.1, 0.15) is 5.75 Å². The maximum absolute atomic E-state index is 12.9. The lowest BCUT2D eigenvalue weighted by molar-refractivity contribution is -0.142. The van der Waals surface area contributed by atoms with Gasteiger partial charge in [0.15, 0.2) is 0 Å². The molecule has 0 heterocycles. The first kappa shape index (κ1) is 18.8. The van der Waals surface area contributed by atoms with Crippen molar-refractivity contribution in [1.29, 1.82) is 0 Å². The SMILES string of the molecule is CCOc1ccc(S(=O)(=O)N(OC(=O)CC)c2ccc(C)cc2)cc1. The summed E-state index contributed by atoms with van der Waals surface area (Å²) in [6.45, 7) is 5.80. The number of rotatable bonds is 7. The van der Waals surface area contributed by atoms with E-state index >= 15 is 0 Å². The molecule has 0 radical (unpaired) electrons. The minimum absolute atomic E-state index is 0.000399. The fourth-order valence-corrected chi connectivity index (χ4v) is 3.29. The Balaban J connectivity index is 2.43. The maximum atomic E-state index is 12.9. The molecule has 0 aromatic heterocycles. The maximum Gasteiger partial charge on any atom is 0.333 e. The number of hydrogen-bond acceptors (Lipinski definition) is 5. The van der Waals surface area contributed by atoms with Crippen LogP contribution in [0.1, 0.15) is 25.8 Å². The van der Waals surface area contributed by atoms with E-state index < -0.39 is 16.0 Å². The van der Waals surface area contributed by atoms with E-state index in [0.29, 0.717) is 16.8 Å². The first-order chi connectivity index (χ1) is 11.9. The van der Waals surface area contributed by atoms with Crippen molar-refractivity contribution in [3.05, 3.63) is 54.1 Å². The zero-order chi connectivity index (χ0) is 18.4. The van der Waals surface area contributed by atoms with Gasteiger partial charge in [-0.15, -0.1) is 0 Å². The van der Waals surface area contributed by atoms with Gasteiger partial charge in [0.05, 0.1) is 17.2 Å². The average molecular weight is 363 g/mol. The van der Waals surface area contributed by atoms with Crippen LogP contribution in [0.3, 0.4) is 0 Å². The number of benzene rings is 2. The molecule has 2 aromatic carbocycles. The Hall–Kier alpha value is -2.54. The van der Waals surface area contributed by atoms with E-state index in [2.05, 4.69) is 0 Å². The first-order valence-corrected chi connectivity index (χ1v) is 9.38. The summed E-state index contributed by atoms with van der Waals surface area (Å²) in [5.74, 6) is -0.0797. The summed E-state index contributed by atoms with van der Waals surface area (Å²) < 4.78 is 31.9. The van der Waals surface area contributed by atoms with Gasteiger partial charge >= 0.3 is 5.97 Å². The van der Waals surface area contributed by atoms with Gasteiger partial charge in [-0.3, -0.25) is 0 Å². The molecule has 2 aromatic rings. The molecule has 0 bridgehead atoms. The van der Waals surface area contributed by atoms with E-state index in [1.165, 1.54) is 12.1 Å². The van der Waals surface area contributed by atoms with Crippen molar-refractivity contribution < 1.29 is 22.8 Å². The van der Waals surface area contributed by atoms with E-state index in [1.54, 1.807) is 43.3 Å². The van der Waals surface area contributed by atoms with Gasteiger partial charge in [-0.05, 0) is 50.2 Å². The number of sulfonamides is 1. The number of hydrogen-bond donors (Lipinski definition) is 0. The largest absolute Gasteiger partial charge is 0.494 e. The molecule has 134 valence electrons. The van der Waals surface area contributed by atoms with Crippen LogP contribution in [-0.2, 0) is 19.7 Å². The fourth-order valence-electron chi connectivity index (χ4n) is 2.03. The number of nitrogens with zero attached hydrogens (tertiary/aromatic N) is 1. The van der Waals surface area contributed by atoms with E-state index in [1.807, 2.05) is 13.8 Å². The van der Waals surface area contributed by atoms with Crippen LogP contribution in [0.25, 0.3) is 0 Å². The third-order valence-electron chi connectivity index (χ3n) is 3.37. The predicted octanol–water partition coefficient (Wildman–Crippen LogP) is 3.46. The van der Waals surface area contributed by atoms with Crippen LogP contribution >= 0.6 is 0 Å². The van der Waals surface area contributed by atoms with Crippen molar-refractivity contribution in [2.45, 2.75) is 32.1 Å². The Kier molecular flexibility index (Phi) is 6.03. The van der Waals surface area contributed by atoms with E-state index in [-0.39, 0.29) is 17.0 Å². The quantitative estimate of drug-likeness (QED) is 0.705. The zero-order valence-corrected chi connectivity index (χ0v) is 15.2. The second kappa shape index (κ2) is 8.02.